The SMILES string of the molecule is NCC1CCN(CCOc2nsc3ccccc23)C1. The van der Waals surface area contributed by atoms with Gasteiger partial charge < -0.3 is 10.5 Å². The van der Waals surface area contributed by atoms with Gasteiger partial charge in [-0.05, 0) is 49.1 Å². The lowest BCUT2D eigenvalue weighted by atomic mass is 10.1. The van der Waals surface area contributed by atoms with Crippen molar-refractivity contribution >= 4 is 21.6 Å². The molecule has 1 aromatic carbocycles. The van der Waals surface area contributed by atoms with Crippen LogP contribution < -0.4 is 10.5 Å². The second-order valence-corrected chi connectivity index (χ2v) is 5.83. The van der Waals surface area contributed by atoms with Gasteiger partial charge in [-0.2, -0.15) is 4.37 Å². The van der Waals surface area contributed by atoms with Crippen molar-refractivity contribution in [3.63, 3.8) is 0 Å². The number of hydrogen-bond donors (Lipinski definition) is 1. The Morgan fingerprint density at radius 3 is 3.16 bits per heavy atom. The second-order valence-electron chi connectivity index (χ2n) is 5.02. The number of aromatic nitrogens is 1. The molecule has 0 radical (unpaired) electrons. The van der Waals surface area contributed by atoms with Gasteiger partial charge >= 0.3 is 0 Å². The van der Waals surface area contributed by atoms with Crippen LogP contribution in [0.3, 0.4) is 0 Å². The smallest absolute Gasteiger partial charge is 0.233 e. The fraction of sp³-hybridized carbons (Fsp3) is 0.500. The number of nitrogens with two attached hydrogens (primary N) is 1. The largest absolute Gasteiger partial charge is 0.475 e. The zero-order chi connectivity index (χ0) is 13.1. The monoisotopic (exact) mass is 277 g/mol. The summed E-state index contributed by atoms with van der Waals surface area (Å²) in [6.45, 7) is 4.71. The van der Waals surface area contributed by atoms with E-state index < -0.39 is 0 Å². The fourth-order valence-corrected chi connectivity index (χ4v) is 3.27. The molecule has 2 aromatic rings. The van der Waals surface area contributed by atoms with E-state index in [9.17, 15) is 0 Å². The Balaban J connectivity index is 1.53. The van der Waals surface area contributed by atoms with Gasteiger partial charge in [0.25, 0.3) is 0 Å². The molecule has 102 valence electrons. The summed E-state index contributed by atoms with van der Waals surface area (Å²) in [6.07, 6.45) is 1.22. The first-order valence-electron chi connectivity index (χ1n) is 6.76. The molecule has 1 unspecified atom stereocenters. The lowest BCUT2D eigenvalue weighted by molar-refractivity contribution is 0.231. The summed E-state index contributed by atoms with van der Waals surface area (Å²) < 4.78 is 11.4. The molecule has 3 rings (SSSR count). The first-order valence-corrected chi connectivity index (χ1v) is 7.54. The maximum Gasteiger partial charge on any atom is 0.233 e. The van der Waals surface area contributed by atoms with Gasteiger partial charge in [0, 0.05) is 13.1 Å². The van der Waals surface area contributed by atoms with Gasteiger partial charge in [0.1, 0.15) is 6.61 Å². The van der Waals surface area contributed by atoms with Gasteiger partial charge in [-0.1, -0.05) is 12.1 Å². The highest BCUT2D eigenvalue weighted by Crippen LogP contribution is 2.28. The van der Waals surface area contributed by atoms with E-state index in [0.29, 0.717) is 12.5 Å². The molecule has 1 aromatic heterocycles. The number of fused-ring (bicyclic) bond motifs is 1. The van der Waals surface area contributed by atoms with E-state index in [1.165, 1.54) is 22.7 Å². The topological polar surface area (TPSA) is 51.4 Å². The quantitative estimate of drug-likeness (QED) is 0.907. The summed E-state index contributed by atoms with van der Waals surface area (Å²) >= 11 is 1.50. The summed E-state index contributed by atoms with van der Waals surface area (Å²) in [5.41, 5.74) is 5.70. The predicted molar refractivity (Wildman–Crippen MR) is 78.7 cm³/mol. The Kier molecular flexibility index (Phi) is 3.96. The molecule has 1 saturated heterocycles. The van der Waals surface area contributed by atoms with Crippen molar-refractivity contribution in [3.05, 3.63) is 24.3 Å². The Labute approximate surface area is 117 Å². The number of benzene rings is 1. The van der Waals surface area contributed by atoms with Gasteiger partial charge in [0.05, 0.1) is 10.1 Å². The lowest BCUT2D eigenvalue weighted by Gasteiger charge is -2.15. The molecular weight excluding hydrogens is 258 g/mol. The molecule has 5 heteroatoms. The highest BCUT2D eigenvalue weighted by atomic mass is 32.1. The summed E-state index contributed by atoms with van der Waals surface area (Å²) in [7, 11) is 0. The van der Waals surface area contributed by atoms with Crippen molar-refractivity contribution in [1.29, 1.82) is 0 Å². The minimum atomic E-state index is 0.667. The maximum absolute atomic E-state index is 5.82. The van der Waals surface area contributed by atoms with Gasteiger partial charge in [0.2, 0.25) is 5.88 Å². The number of likely N-dealkylation sites (tertiary alicyclic amines) is 1. The van der Waals surface area contributed by atoms with Crippen LogP contribution in [-0.2, 0) is 0 Å². The van der Waals surface area contributed by atoms with Crippen LogP contribution in [-0.4, -0.2) is 42.1 Å². The van der Waals surface area contributed by atoms with Crippen LogP contribution in [0.25, 0.3) is 10.1 Å². The third-order valence-electron chi connectivity index (χ3n) is 3.69. The fourth-order valence-electron chi connectivity index (χ4n) is 2.55. The van der Waals surface area contributed by atoms with Crippen LogP contribution in [0.2, 0.25) is 0 Å². The number of nitrogens with zero attached hydrogens (tertiary/aromatic N) is 2. The first kappa shape index (κ1) is 12.8. The average Bonchev–Trinajstić information content (AvgIpc) is 3.06. The molecule has 2 heterocycles. The molecule has 0 amide bonds. The zero-order valence-electron chi connectivity index (χ0n) is 10.9. The van der Waals surface area contributed by atoms with Crippen LogP contribution in [0.5, 0.6) is 5.88 Å². The zero-order valence-corrected chi connectivity index (χ0v) is 11.7. The molecule has 4 nitrogen and oxygen atoms in total. The van der Waals surface area contributed by atoms with E-state index in [1.807, 2.05) is 12.1 Å². The van der Waals surface area contributed by atoms with E-state index in [-0.39, 0.29) is 0 Å². The van der Waals surface area contributed by atoms with E-state index in [1.54, 1.807) is 0 Å². The Hall–Kier alpha value is -1.17. The van der Waals surface area contributed by atoms with Crippen molar-refractivity contribution in [1.82, 2.24) is 9.27 Å². The summed E-state index contributed by atoms with van der Waals surface area (Å²) in [6, 6.07) is 8.19. The molecular formula is C14H19N3OS. The molecule has 1 aliphatic rings. The van der Waals surface area contributed by atoms with Crippen molar-refractivity contribution in [2.45, 2.75) is 6.42 Å². The van der Waals surface area contributed by atoms with Gasteiger partial charge in [-0.3, -0.25) is 4.90 Å². The third kappa shape index (κ3) is 2.88. The first-order chi connectivity index (χ1) is 9.36. The molecule has 0 aliphatic carbocycles. The average molecular weight is 277 g/mol. The van der Waals surface area contributed by atoms with Crippen molar-refractivity contribution in [3.8, 4) is 5.88 Å². The Morgan fingerprint density at radius 1 is 1.42 bits per heavy atom. The van der Waals surface area contributed by atoms with E-state index in [0.717, 1.165) is 37.4 Å². The van der Waals surface area contributed by atoms with Crippen molar-refractivity contribution < 1.29 is 4.74 Å². The normalized spacial score (nSPS) is 20.2. The highest BCUT2D eigenvalue weighted by Gasteiger charge is 2.20. The maximum atomic E-state index is 5.82. The molecule has 19 heavy (non-hydrogen) atoms. The highest BCUT2D eigenvalue weighted by molar-refractivity contribution is 7.13. The number of rotatable bonds is 5. The minimum absolute atomic E-state index is 0.667. The van der Waals surface area contributed by atoms with Gasteiger partial charge in [-0.15, -0.1) is 0 Å². The summed E-state index contributed by atoms with van der Waals surface area (Å²) in [5, 5.41) is 1.12. The summed E-state index contributed by atoms with van der Waals surface area (Å²) in [4.78, 5) is 2.42. The van der Waals surface area contributed by atoms with Crippen LogP contribution in [0.1, 0.15) is 6.42 Å². The molecule has 0 saturated carbocycles. The third-order valence-corrected chi connectivity index (χ3v) is 4.50. The molecule has 0 spiro atoms. The Morgan fingerprint density at radius 2 is 2.32 bits per heavy atom. The van der Waals surface area contributed by atoms with E-state index in [2.05, 4.69) is 21.4 Å². The molecule has 1 fully saturated rings. The van der Waals surface area contributed by atoms with Crippen molar-refractivity contribution in [2.75, 3.05) is 32.8 Å². The predicted octanol–water partition coefficient (Wildman–Crippen LogP) is 1.96. The van der Waals surface area contributed by atoms with Crippen LogP contribution in [0.15, 0.2) is 24.3 Å². The molecule has 1 atom stereocenters. The van der Waals surface area contributed by atoms with Crippen molar-refractivity contribution in [2.24, 2.45) is 11.7 Å². The molecule has 2 N–H and O–H groups in total. The molecule has 1 aliphatic heterocycles. The number of ether oxygens (including phenoxy) is 1. The standard InChI is InChI=1S/C14H19N3OS/c15-9-11-5-6-17(10-11)7-8-18-14-12-3-1-2-4-13(12)19-16-14/h1-4,11H,5-10,15H2. The summed E-state index contributed by atoms with van der Waals surface area (Å²) in [5.74, 6) is 1.44. The van der Waals surface area contributed by atoms with Crippen LogP contribution in [0, 0.1) is 5.92 Å². The van der Waals surface area contributed by atoms with Crippen LogP contribution >= 0.6 is 11.5 Å². The van der Waals surface area contributed by atoms with E-state index in [4.69, 9.17) is 10.5 Å². The van der Waals surface area contributed by atoms with E-state index >= 15 is 0 Å². The van der Waals surface area contributed by atoms with Gasteiger partial charge in [-0.25, -0.2) is 0 Å². The van der Waals surface area contributed by atoms with Gasteiger partial charge in [0.15, 0.2) is 0 Å². The second kappa shape index (κ2) is 5.86. The minimum Gasteiger partial charge on any atom is -0.475 e. The lowest BCUT2D eigenvalue weighted by Crippen LogP contribution is -2.27. The van der Waals surface area contributed by atoms with Crippen LogP contribution in [0.4, 0.5) is 0 Å². The Bertz CT molecular complexity index is 542. The molecule has 0 bridgehead atoms. The number of hydrogen-bond acceptors (Lipinski definition) is 5.